The Hall–Kier alpha value is -1.95. The highest BCUT2D eigenvalue weighted by Crippen LogP contribution is 2.28. The van der Waals surface area contributed by atoms with Crippen LogP contribution in [0.1, 0.15) is 17.1 Å². The average Bonchev–Trinajstić information content (AvgIpc) is 3.11. The molecule has 0 unspecified atom stereocenters. The van der Waals surface area contributed by atoms with Crippen LogP contribution in [0.4, 0.5) is 0 Å². The number of aromatic nitrogens is 5. The molecule has 3 rings (SSSR count). The van der Waals surface area contributed by atoms with Gasteiger partial charge >= 0.3 is 0 Å². The van der Waals surface area contributed by atoms with Crippen LogP contribution in [0.5, 0.6) is 0 Å². The number of aryl methyl sites for hydroxylation is 4. The Morgan fingerprint density at radius 3 is 2.75 bits per heavy atom. The molecule has 0 saturated carbocycles. The lowest BCUT2D eigenvalue weighted by molar-refractivity contribution is 0.566. The van der Waals surface area contributed by atoms with Gasteiger partial charge in [-0.25, -0.2) is 15.0 Å². The molecule has 3 aromatic rings. The highest BCUT2D eigenvalue weighted by atomic mass is 32.1. The second-order valence-electron chi connectivity index (χ2n) is 4.75. The van der Waals surface area contributed by atoms with E-state index in [9.17, 15) is 0 Å². The summed E-state index contributed by atoms with van der Waals surface area (Å²) < 4.78 is 4.30. The third-order valence-electron chi connectivity index (χ3n) is 3.20. The molecule has 0 aliphatic heterocycles. The first-order valence-electron chi connectivity index (χ1n) is 6.65. The predicted molar refractivity (Wildman–Crippen MR) is 79.7 cm³/mol. The highest BCUT2D eigenvalue weighted by Gasteiger charge is 2.12. The first-order chi connectivity index (χ1) is 9.74. The lowest BCUT2D eigenvalue weighted by Crippen LogP contribution is -2.03. The van der Waals surface area contributed by atoms with Crippen molar-refractivity contribution in [3.63, 3.8) is 0 Å². The summed E-state index contributed by atoms with van der Waals surface area (Å²) >= 11 is 1.71. The van der Waals surface area contributed by atoms with Crippen molar-refractivity contribution in [1.29, 1.82) is 0 Å². The highest BCUT2D eigenvalue weighted by molar-refractivity contribution is 7.15. The zero-order chi connectivity index (χ0) is 13.9. The van der Waals surface area contributed by atoms with E-state index >= 15 is 0 Å². The van der Waals surface area contributed by atoms with E-state index < -0.39 is 0 Å². The Morgan fingerprint density at radius 1 is 1.15 bits per heavy atom. The molecule has 0 radical (unpaired) electrons. The lowest BCUT2D eigenvalue weighted by Gasteiger charge is -2.07. The van der Waals surface area contributed by atoms with Crippen LogP contribution in [0.15, 0.2) is 31.1 Å². The molecule has 0 N–H and O–H groups in total. The van der Waals surface area contributed by atoms with Gasteiger partial charge in [0.1, 0.15) is 0 Å². The lowest BCUT2D eigenvalue weighted by atomic mass is 10.3. The molecular weight excluding hydrogens is 270 g/mol. The van der Waals surface area contributed by atoms with Crippen LogP contribution < -0.4 is 0 Å². The molecule has 0 atom stereocenters. The summed E-state index contributed by atoms with van der Waals surface area (Å²) in [5.41, 5.74) is 1.06. The fraction of sp³-hybridized carbons (Fsp3) is 0.357. The van der Waals surface area contributed by atoms with Crippen LogP contribution in [-0.4, -0.2) is 24.1 Å². The zero-order valence-corrected chi connectivity index (χ0v) is 12.5. The Labute approximate surface area is 122 Å². The molecule has 6 heteroatoms. The van der Waals surface area contributed by atoms with Gasteiger partial charge < -0.3 is 9.13 Å². The summed E-state index contributed by atoms with van der Waals surface area (Å²) in [6.45, 7) is 6.00. The molecule has 0 amide bonds. The van der Waals surface area contributed by atoms with E-state index in [1.165, 1.54) is 4.88 Å². The van der Waals surface area contributed by atoms with E-state index in [1.807, 2.05) is 45.0 Å². The SMILES string of the molecule is Cc1nc(C)c(-c2nccn2CCCn2ccnc2)s1. The van der Waals surface area contributed by atoms with Crippen molar-refractivity contribution in [2.24, 2.45) is 0 Å². The van der Waals surface area contributed by atoms with Gasteiger partial charge in [-0.15, -0.1) is 11.3 Å². The van der Waals surface area contributed by atoms with E-state index in [2.05, 4.69) is 24.1 Å². The van der Waals surface area contributed by atoms with Gasteiger partial charge in [0.2, 0.25) is 0 Å². The first-order valence-corrected chi connectivity index (χ1v) is 7.47. The monoisotopic (exact) mass is 287 g/mol. The van der Waals surface area contributed by atoms with E-state index in [0.717, 1.165) is 36.0 Å². The summed E-state index contributed by atoms with van der Waals surface area (Å²) in [6.07, 6.45) is 10.6. The molecular formula is C14H17N5S. The van der Waals surface area contributed by atoms with Gasteiger partial charge in [0.05, 0.1) is 21.9 Å². The fourth-order valence-corrected chi connectivity index (χ4v) is 3.21. The second-order valence-corrected chi connectivity index (χ2v) is 5.95. The third-order valence-corrected chi connectivity index (χ3v) is 4.27. The average molecular weight is 287 g/mol. The Morgan fingerprint density at radius 2 is 2.05 bits per heavy atom. The Balaban J connectivity index is 1.72. The van der Waals surface area contributed by atoms with Crippen LogP contribution in [0.25, 0.3) is 10.7 Å². The van der Waals surface area contributed by atoms with Crippen LogP contribution >= 0.6 is 11.3 Å². The summed E-state index contributed by atoms with van der Waals surface area (Å²) in [6, 6.07) is 0. The maximum atomic E-state index is 4.49. The van der Waals surface area contributed by atoms with Gasteiger partial charge in [-0.1, -0.05) is 0 Å². The molecule has 0 aromatic carbocycles. The predicted octanol–water partition coefficient (Wildman–Crippen LogP) is 2.91. The number of thiazole rings is 1. The van der Waals surface area contributed by atoms with Crippen molar-refractivity contribution in [3.05, 3.63) is 41.8 Å². The van der Waals surface area contributed by atoms with Crippen molar-refractivity contribution >= 4 is 11.3 Å². The van der Waals surface area contributed by atoms with Crippen LogP contribution in [-0.2, 0) is 13.1 Å². The topological polar surface area (TPSA) is 48.5 Å². The van der Waals surface area contributed by atoms with Crippen LogP contribution in [0.2, 0.25) is 0 Å². The smallest absolute Gasteiger partial charge is 0.151 e. The van der Waals surface area contributed by atoms with Crippen LogP contribution in [0.3, 0.4) is 0 Å². The minimum Gasteiger partial charge on any atom is -0.337 e. The van der Waals surface area contributed by atoms with Crippen LogP contribution in [0, 0.1) is 13.8 Å². The van der Waals surface area contributed by atoms with Gasteiger partial charge in [-0.2, -0.15) is 0 Å². The van der Waals surface area contributed by atoms with E-state index in [0.29, 0.717) is 0 Å². The van der Waals surface area contributed by atoms with Crippen molar-refractivity contribution in [2.75, 3.05) is 0 Å². The maximum Gasteiger partial charge on any atom is 0.151 e. The van der Waals surface area contributed by atoms with Crippen molar-refractivity contribution < 1.29 is 0 Å². The molecule has 0 bridgehead atoms. The number of hydrogen-bond acceptors (Lipinski definition) is 4. The summed E-state index contributed by atoms with van der Waals surface area (Å²) in [5, 5.41) is 1.09. The largest absolute Gasteiger partial charge is 0.337 e. The number of rotatable bonds is 5. The van der Waals surface area contributed by atoms with Gasteiger partial charge in [0.25, 0.3) is 0 Å². The standard InChI is InChI=1S/C14H17N5S/c1-11-13(20-12(2)17-11)14-16-5-9-19(14)7-3-6-18-8-4-15-10-18/h4-5,8-10H,3,6-7H2,1-2H3. The molecule has 20 heavy (non-hydrogen) atoms. The van der Waals surface area contributed by atoms with Crippen molar-refractivity contribution in [2.45, 2.75) is 33.4 Å². The number of nitrogens with zero attached hydrogens (tertiary/aromatic N) is 5. The first kappa shape index (κ1) is 13.1. The molecule has 0 aliphatic rings. The Bertz CT molecular complexity index is 680. The van der Waals surface area contributed by atoms with E-state index in [-0.39, 0.29) is 0 Å². The molecule has 0 aliphatic carbocycles. The minimum atomic E-state index is 0.948. The minimum absolute atomic E-state index is 0.948. The molecule has 0 fully saturated rings. The van der Waals surface area contributed by atoms with E-state index in [1.54, 1.807) is 11.3 Å². The third kappa shape index (κ3) is 2.65. The van der Waals surface area contributed by atoms with Crippen molar-refractivity contribution in [3.8, 4) is 10.7 Å². The van der Waals surface area contributed by atoms with Gasteiger partial charge in [0, 0.05) is 37.9 Å². The zero-order valence-electron chi connectivity index (χ0n) is 11.7. The molecule has 3 aromatic heterocycles. The second kappa shape index (κ2) is 5.58. The Kier molecular flexibility index (Phi) is 3.64. The summed E-state index contributed by atoms with van der Waals surface area (Å²) in [4.78, 5) is 14.2. The number of imidazole rings is 2. The molecule has 3 heterocycles. The molecule has 0 spiro atoms. The number of hydrogen-bond donors (Lipinski definition) is 0. The summed E-state index contributed by atoms with van der Waals surface area (Å²) in [5.74, 6) is 1.03. The van der Waals surface area contributed by atoms with Gasteiger partial charge in [-0.05, 0) is 20.3 Å². The fourth-order valence-electron chi connectivity index (χ4n) is 2.28. The molecule has 0 saturated heterocycles. The molecule has 5 nitrogen and oxygen atoms in total. The quantitative estimate of drug-likeness (QED) is 0.725. The van der Waals surface area contributed by atoms with Crippen molar-refractivity contribution in [1.82, 2.24) is 24.1 Å². The van der Waals surface area contributed by atoms with Gasteiger partial charge in [0.15, 0.2) is 5.82 Å². The van der Waals surface area contributed by atoms with Gasteiger partial charge in [-0.3, -0.25) is 0 Å². The van der Waals surface area contributed by atoms with E-state index in [4.69, 9.17) is 0 Å². The maximum absolute atomic E-state index is 4.49. The summed E-state index contributed by atoms with van der Waals surface area (Å²) in [7, 11) is 0. The normalized spacial score (nSPS) is 11.1. The molecule has 104 valence electrons.